The molecule has 2 fully saturated rings. The van der Waals surface area contributed by atoms with Crippen LogP contribution in [0.4, 0.5) is 5.69 Å². The Morgan fingerprint density at radius 2 is 2.00 bits per heavy atom. The highest BCUT2D eigenvalue weighted by Gasteiger charge is 2.37. The molecule has 0 radical (unpaired) electrons. The Hall–Kier alpha value is -1.91. The van der Waals surface area contributed by atoms with Crippen LogP contribution in [0.5, 0.6) is 0 Å². The van der Waals surface area contributed by atoms with E-state index >= 15 is 0 Å². The van der Waals surface area contributed by atoms with Crippen molar-refractivity contribution in [3.05, 3.63) is 34.6 Å². The molecule has 1 saturated heterocycles. The molecule has 0 amide bonds. The van der Waals surface area contributed by atoms with Crippen LogP contribution in [0, 0.1) is 5.92 Å². The number of esters is 1. The van der Waals surface area contributed by atoms with Gasteiger partial charge in [-0.25, -0.2) is 9.75 Å². The van der Waals surface area contributed by atoms with Crippen LogP contribution >= 0.6 is 23.2 Å². The number of anilines is 1. The van der Waals surface area contributed by atoms with E-state index in [0.717, 1.165) is 12.8 Å². The highest BCUT2D eigenvalue weighted by atomic mass is 35.5. The lowest BCUT2D eigenvalue weighted by Gasteiger charge is -2.40. The first kappa shape index (κ1) is 23.3. The number of nitrogens with zero attached hydrogens (tertiary/aromatic N) is 5. The topological polar surface area (TPSA) is 82.0 Å². The van der Waals surface area contributed by atoms with Gasteiger partial charge in [-0.3, -0.25) is 14.5 Å². The number of halogens is 2. The summed E-state index contributed by atoms with van der Waals surface area (Å²) in [5.74, 6) is 0.188. The van der Waals surface area contributed by atoms with Crippen molar-refractivity contribution in [1.29, 1.82) is 0 Å². The van der Waals surface area contributed by atoms with Gasteiger partial charge in [0.05, 0.1) is 17.6 Å². The standard InChI is InChI=1S/C21H27Cl2N5O4/c1-21(2,3)32-20(29)18(9-14-5-4-6-14)28-13-30-27(12-31-28)17-10-15(22)7-8-16(17)26-11-19(23)24-25-26/h7-8,10-11,14,18H,4-6,9,12-13H2,1-3H3. The fourth-order valence-electron chi connectivity index (χ4n) is 3.64. The van der Waals surface area contributed by atoms with E-state index in [9.17, 15) is 4.79 Å². The highest BCUT2D eigenvalue weighted by Crippen LogP contribution is 2.34. The summed E-state index contributed by atoms with van der Waals surface area (Å²) in [5, 5.41) is 11.8. The van der Waals surface area contributed by atoms with Crippen molar-refractivity contribution >= 4 is 34.9 Å². The van der Waals surface area contributed by atoms with E-state index in [1.807, 2.05) is 20.8 Å². The van der Waals surface area contributed by atoms with Crippen molar-refractivity contribution in [2.75, 3.05) is 18.5 Å². The SMILES string of the molecule is CC(C)(C)OC(=O)C(CC1CCC1)N1CON(c2cc(Cl)ccc2-n2cc(Cl)nn2)CO1. The number of hydrogen-bond donors (Lipinski definition) is 0. The minimum Gasteiger partial charge on any atom is -0.459 e. The number of hydrogen-bond acceptors (Lipinski definition) is 8. The molecule has 1 aliphatic carbocycles. The summed E-state index contributed by atoms with van der Waals surface area (Å²) in [4.78, 5) is 24.8. The van der Waals surface area contributed by atoms with Gasteiger partial charge in [-0.15, -0.1) is 10.2 Å². The Balaban J connectivity index is 1.49. The first-order chi connectivity index (χ1) is 15.2. The van der Waals surface area contributed by atoms with Crippen LogP contribution in [0.2, 0.25) is 10.2 Å². The third-order valence-corrected chi connectivity index (χ3v) is 5.82. The summed E-state index contributed by atoms with van der Waals surface area (Å²) in [5.41, 5.74) is 0.724. The zero-order valence-corrected chi connectivity index (χ0v) is 19.8. The first-order valence-corrected chi connectivity index (χ1v) is 11.4. The second-order valence-corrected chi connectivity index (χ2v) is 9.84. The zero-order chi connectivity index (χ0) is 22.9. The monoisotopic (exact) mass is 483 g/mol. The van der Waals surface area contributed by atoms with E-state index in [1.54, 1.807) is 34.5 Å². The lowest BCUT2D eigenvalue weighted by atomic mass is 9.81. The van der Waals surface area contributed by atoms with Crippen LogP contribution in [-0.2, 0) is 19.2 Å². The van der Waals surface area contributed by atoms with E-state index in [4.69, 9.17) is 37.6 Å². The van der Waals surface area contributed by atoms with Crippen molar-refractivity contribution in [3.8, 4) is 5.69 Å². The normalized spacial score (nSPS) is 19.0. The molecule has 2 aromatic rings. The second-order valence-electron chi connectivity index (χ2n) is 9.01. The van der Waals surface area contributed by atoms with E-state index in [-0.39, 0.29) is 24.6 Å². The summed E-state index contributed by atoms with van der Waals surface area (Å²) in [6.07, 6.45) is 5.69. The Morgan fingerprint density at radius 3 is 2.56 bits per heavy atom. The maximum absolute atomic E-state index is 12.9. The summed E-state index contributed by atoms with van der Waals surface area (Å²) in [7, 11) is 0. The first-order valence-electron chi connectivity index (χ1n) is 10.6. The molecule has 1 unspecified atom stereocenters. The molecule has 9 nitrogen and oxygen atoms in total. The van der Waals surface area contributed by atoms with Gasteiger partial charge in [-0.1, -0.05) is 47.7 Å². The van der Waals surface area contributed by atoms with Crippen LogP contribution in [0.15, 0.2) is 24.4 Å². The van der Waals surface area contributed by atoms with Crippen LogP contribution in [0.25, 0.3) is 5.69 Å². The molecule has 1 saturated carbocycles. The zero-order valence-electron chi connectivity index (χ0n) is 18.3. The smallest absolute Gasteiger partial charge is 0.326 e. The summed E-state index contributed by atoms with van der Waals surface area (Å²) >= 11 is 12.2. The average Bonchev–Trinajstić information content (AvgIpc) is 3.12. The van der Waals surface area contributed by atoms with Gasteiger partial charge in [-0.2, -0.15) is 0 Å². The molecule has 0 N–H and O–H groups in total. The number of carbonyl (C=O) groups is 1. The lowest BCUT2D eigenvalue weighted by molar-refractivity contribution is -0.287. The van der Waals surface area contributed by atoms with E-state index < -0.39 is 11.6 Å². The number of aromatic nitrogens is 3. The molecule has 0 bridgehead atoms. The number of hydroxylamine groups is 3. The van der Waals surface area contributed by atoms with E-state index in [2.05, 4.69) is 10.3 Å². The van der Waals surface area contributed by atoms with Gasteiger partial charge >= 0.3 is 5.97 Å². The summed E-state index contributed by atoms with van der Waals surface area (Å²) in [6.45, 7) is 5.69. The number of benzene rings is 1. The van der Waals surface area contributed by atoms with Crippen LogP contribution in [-0.4, -0.2) is 51.1 Å². The fraction of sp³-hybridized carbons (Fsp3) is 0.571. The number of carbonyl (C=O) groups excluding carboxylic acids is 1. The molecule has 4 rings (SSSR count). The Morgan fingerprint density at radius 1 is 1.22 bits per heavy atom. The molecule has 1 atom stereocenters. The molecule has 0 spiro atoms. The van der Waals surface area contributed by atoms with Crippen molar-refractivity contribution in [1.82, 2.24) is 20.1 Å². The molecule has 174 valence electrons. The number of ether oxygens (including phenoxy) is 1. The highest BCUT2D eigenvalue weighted by molar-refractivity contribution is 6.31. The molecule has 1 aromatic heterocycles. The molecule has 32 heavy (non-hydrogen) atoms. The Kier molecular flexibility index (Phi) is 6.92. The molecular formula is C21H27Cl2N5O4. The van der Waals surface area contributed by atoms with Crippen molar-refractivity contribution in [3.63, 3.8) is 0 Å². The van der Waals surface area contributed by atoms with E-state index in [0.29, 0.717) is 28.7 Å². The lowest BCUT2D eigenvalue weighted by Crippen LogP contribution is -2.52. The predicted molar refractivity (Wildman–Crippen MR) is 119 cm³/mol. The molecule has 2 heterocycles. The molecule has 11 heteroatoms. The minimum atomic E-state index is -0.577. The molecule has 1 aromatic carbocycles. The van der Waals surface area contributed by atoms with Crippen molar-refractivity contribution in [2.45, 2.75) is 58.1 Å². The van der Waals surface area contributed by atoms with Crippen LogP contribution in [0.3, 0.4) is 0 Å². The summed E-state index contributed by atoms with van der Waals surface area (Å²) in [6, 6.07) is 4.74. The Labute approximate surface area is 197 Å². The molecule has 2 aliphatic rings. The van der Waals surface area contributed by atoms with Crippen molar-refractivity contribution < 1.29 is 19.2 Å². The quantitative estimate of drug-likeness (QED) is 0.559. The van der Waals surface area contributed by atoms with Gasteiger partial charge in [0.2, 0.25) is 0 Å². The van der Waals surface area contributed by atoms with E-state index in [1.165, 1.54) is 11.1 Å². The average molecular weight is 484 g/mol. The molecule has 1 aliphatic heterocycles. The third kappa shape index (κ3) is 5.52. The van der Waals surface area contributed by atoms with Gasteiger partial charge in [0.25, 0.3) is 0 Å². The third-order valence-electron chi connectivity index (χ3n) is 5.41. The molecular weight excluding hydrogens is 457 g/mol. The number of rotatable bonds is 6. The van der Waals surface area contributed by atoms with Gasteiger partial charge in [0.15, 0.2) is 18.6 Å². The summed E-state index contributed by atoms with van der Waals surface area (Å²) < 4.78 is 7.18. The maximum Gasteiger partial charge on any atom is 0.326 e. The van der Waals surface area contributed by atoms with Crippen LogP contribution in [0.1, 0.15) is 46.5 Å². The van der Waals surface area contributed by atoms with Crippen molar-refractivity contribution in [2.24, 2.45) is 5.92 Å². The van der Waals surface area contributed by atoms with Gasteiger partial charge in [-0.05, 0) is 51.3 Å². The van der Waals surface area contributed by atoms with Gasteiger partial charge in [0, 0.05) is 5.02 Å². The maximum atomic E-state index is 12.9. The Bertz CT molecular complexity index is 952. The van der Waals surface area contributed by atoms with Gasteiger partial charge in [0.1, 0.15) is 11.6 Å². The minimum absolute atomic E-state index is 0.0553. The largest absolute Gasteiger partial charge is 0.459 e. The van der Waals surface area contributed by atoms with Crippen LogP contribution < -0.4 is 5.06 Å². The predicted octanol–water partition coefficient (Wildman–Crippen LogP) is 4.37. The second kappa shape index (κ2) is 9.52. The van der Waals surface area contributed by atoms with Gasteiger partial charge < -0.3 is 4.74 Å². The fourth-order valence-corrected chi connectivity index (χ4v) is 3.94.